The Balaban J connectivity index is 1.53. The summed E-state index contributed by atoms with van der Waals surface area (Å²) >= 11 is 3.25. The van der Waals surface area contributed by atoms with Gasteiger partial charge in [-0.3, -0.25) is 4.79 Å². The number of aromatic nitrogens is 2. The number of rotatable bonds is 6. The first kappa shape index (κ1) is 20.5. The molecule has 0 N–H and O–H groups in total. The molecule has 1 aliphatic heterocycles. The molecule has 0 saturated carbocycles. The Labute approximate surface area is 182 Å². The highest BCUT2D eigenvalue weighted by atomic mass is 79.9. The van der Waals surface area contributed by atoms with Crippen molar-refractivity contribution in [3.63, 3.8) is 0 Å². The first-order valence-corrected chi connectivity index (χ1v) is 10.5. The molecular formula is C22H21BrFN3O3. The number of carbonyl (C=O) groups is 1. The van der Waals surface area contributed by atoms with Crippen LogP contribution in [0.5, 0.6) is 5.75 Å². The van der Waals surface area contributed by atoms with E-state index in [1.165, 1.54) is 6.07 Å². The van der Waals surface area contributed by atoms with Crippen LogP contribution in [0.15, 0.2) is 51.5 Å². The zero-order valence-corrected chi connectivity index (χ0v) is 18.2. The molecule has 1 saturated heterocycles. The van der Waals surface area contributed by atoms with Crippen LogP contribution in [0.25, 0.3) is 11.4 Å². The zero-order valence-electron chi connectivity index (χ0n) is 16.6. The van der Waals surface area contributed by atoms with Crippen molar-refractivity contribution < 1.29 is 18.4 Å². The van der Waals surface area contributed by atoms with Crippen molar-refractivity contribution in [2.75, 3.05) is 0 Å². The van der Waals surface area contributed by atoms with E-state index in [4.69, 9.17) is 9.26 Å². The number of hydrogen-bond donors (Lipinski definition) is 0. The van der Waals surface area contributed by atoms with E-state index in [1.54, 1.807) is 17.0 Å². The summed E-state index contributed by atoms with van der Waals surface area (Å²) in [7, 11) is 0. The van der Waals surface area contributed by atoms with Crippen LogP contribution in [-0.2, 0) is 11.3 Å². The van der Waals surface area contributed by atoms with Crippen LogP contribution in [0.2, 0.25) is 0 Å². The fourth-order valence-corrected chi connectivity index (χ4v) is 3.80. The van der Waals surface area contributed by atoms with Gasteiger partial charge >= 0.3 is 0 Å². The first-order chi connectivity index (χ1) is 14.4. The molecule has 0 radical (unpaired) electrons. The molecule has 0 bridgehead atoms. The first-order valence-electron chi connectivity index (χ1n) is 9.75. The molecule has 2 heterocycles. The Morgan fingerprint density at radius 2 is 2.03 bits per heavy atom. The maximum atomic E-state index is 14.3. The van der Waals surface area contributed by atoms with Crippen molar-refractivity contribution in [1.29, 1.82) is 0 Å². The van der Waals surface area contributed by atoms with E-state index in [-0.39, 0.29) is 30.4 Å². The van der Waals surface area contributed by atoms with E-state index in [0.29, 0.717) is 34.6 Å². The molecule has 156 valence electrons. The van der Waals surface area contributed by atoms with Crippen LogP contribution >= 0.6 is 15.9 Å². The SMILES string of the molecule is CC(C)Oc1ccc(-c2noc(C3CCC(=O)N3Cc3ccc(Br)cc3F)n2)cc1. The summed E-state index contributed by atoms with van der Waals surface area (Å²) < 4.78 is 26.0. The highest BCUT2D eigenvalue weighted by Gasteiger charge is 2.36. The average molecular weight is 474 g/mol. The Kier molecular flexibility index (Phi) is 5.85. The summed E-state index contributed by atoms with van der Waals surface area (Å²) in [5, 5.41) is 4.07. The van der Waals surface area contributed by atoms with E-state index >= 15 is 0 Å². The van der Waals surface area contributed by atoms with Gasteiger partial charge in [0.1, 0.15) is 17.6 Å². The lowest BCUT2D eigenvalue weighted by molar-refractivity contribution is -0.130. The maximum Gasteiger partial charge on any atom is 0.249 e. The van der Waals surface area contributed by atoms with Gasteiger partial charge in [0.25, 0.3) is 0 Å². The van der Waals surface area contributed by atoms with Gasteiger partial charge in [-0.1, -0.05) is 27.2 Å². The minimum atomic E-state index is -0.370. The van der Waals surface area contributed by atoms with E-state index in [2.05, 4.69) is 26.1 Å². The standard InChI is InChI=1S/C22H21BrFN3O3/c1-13(2)29-17-7-4-14(5-8-17)21-25-22(30-26-21)19-9-10-20(28)27(19)12-15-3-6-16(23)11-18(15)24/h3-8,11,13,19H,9-10,12H2,1-2H3. The number of benzene rings is 2. The predicted octanol–water partition coefficient (Wildman–Crippen LogP) is 5.29. The topological polar surface area (TPSA) is 68.5 Å². The second-order valence-electron chi connectivity index (χ2n) is 7.46. The van der Waals surface area contributed by atoms with Crippen molar-refractivity contribution in [1.82, 2.24) is 15.0 Å². The molecule has 2 aromatic carbocycles. The number of halogens is 2. The Bertz CT molecular complexity index is 1050. The zero-order chi connectivity index (χ0) is 21.3. The average Bonchev–Trinajstić information content (AvgIpc) is 3.31. The largest absolute Gasteiger partial charge is 0.491 e. The highest BCUT2D eigenvalue weighted by molar-refractivity contribution is 9.10. The van der Waals surface area contributed by atoms with Crippen molar-refractivity contribution in [2.24, 2.45) is 0 Å². The number of amides is 1. The van der Waals surface area contributed by atoms with Gasteiger partial charge in [0.15, 0.2) is 0 Å². The molecule has 1 amide bonds. The normalized spacial score (nSPS) is 16.5. The summed E-state index contributed by atoms with van der Waals surface area (Å²) in [6.45, 7) is 4.09. The monoisotopic (exact) mass is 473 g/mol. The molecule has 4 rings (SSSR count). The van der Waals surface area contributed by atoms with Gasteiger partial charge in [-0.05, 0) is 56.7 Å². The molecule has 3 aromatic rings. The molecule has 0 aliphatic carbocycles. The lowest BCUT2D eigenvalue weighted by Gasteiger charge is -2.22. The molecule has 1 fully saturated rings. The Morgan fingerprint density at radius 1 is 1.27 bits per heavy atom. The minimum absolute atomic E-state index is 0.0581. The smallest absolute Gasteiger partial charge is 0.249 e. The lowest BCUT2D eigenvalue weighted by Crippen LogP contribution is -2.27. The second-order valence-corrected chi connectivity index (χ2v) is 8.37. The van der Waals surface area contributed by atoms with Crippen LogP contribution in [0.1, 0.15) is 44.2 Å². The van der Waals surface area contributed by atoms with Gasteiger partial charge < -0.3 is 14.2 Å². The number of hydrogen-bond acceptors (Lipinski definition) is 5. The van der Waals surface area contributed by atoms with Gasteiger partial charge in [0.05, 0.1) is 6.10 Å². The third-order valence-electron chi connectivity index (χ3n) is 4.90. The predicted molar refractivity (Wildman–Crippen MR) is 112 cm³/mol. The number of carbonyl (C=O) groups excluding carboxylic acids is 1. The van der Waals surface area contributed by atoms with Gasteiger partial charge in [-0.2, -0.15) is 4.98 Å². The van der Waals surface area contributed by atoms with Crippen molar-refractivity contribution in [2.45, 2.75) is 45.4 Å². The third kappa shape index (κ3) is 4.38. The van der Waals surface area contributed by atoms with Crippen LogP contribution in [0, 0.1) is 5.82 Å². The Hall–Kier alpha value is -2.74. The highest BCUT2D eigenvalue weighted by Crippen LogP contribution is 2.35. The molecule has 1 atom stereocenters. The van der Waals surface area contributed by atoms with Crippen LogP contribution in [0.4, 0.5) is 4.39 Å². The van der Waals surface area contributed by atoms with Crippen LogP contribution < -0.4 is 4.74 Å². The summed E-state index contributed by atoms with van der Waals surface area (Å²) in [4.78, 5) is 18.5. The molecule has 1 unspecified atom stereocenters. The summed E-state index contributed by atoms with van der Waals surface area (Å²) in [5.74, 6) is 1.14. The number of ether oxygens (including phenoxy) is 1. The number of likely N-dealkylation sites (tertiary alicyclic amines) is 1. The van der Waals surface area contributed by atoms with Gasteiger partial charge in [-0.25, -0.2) is 4.39 Å². The van der Waals surface area contributed by atoms with Crippen molar-refractivity contribution in [3.8, 4) is 17.1 Å². The summed E-state index contributed by atoms with van der Waals surface area (Å²) in [5.41, 5.74) is 1.23. The molecule has 6 nitrogen and oxygen atoms in total. The maximum absolute atomic E-state index is 14.3. The van der Waals surface area contributed by atoms with E-state index in [9.17, 15) is 9.18 Å². The number of nitrogens with zero attached hydrogens (tertiary/aromatic N) is 3. The molecule has 1 aliphatic rings. The van der Waals surface area contributed by atoms with Crippen molar-refractivity contribution in [3.05, 3.63) is 64.2 Å². The third-order valence-corrected chi connectivity index (χ3v) is 5.39. The fourth-order valence-electron chi connectivity index (χ4n) is 3.46. The van der Waals surface area contributed by atoms with Crippen LogP contribution in [0.3, 0.4) is 0 Å². The van der Waals surface area contributed by atoms with Gasteiger partial charge in [0, 0.05) is 28.6 Å². The van der Waals surface area contributed by atoms with Crippen LogP contribution in [-0.4, -0.2) is 27.1 Å². The summed E-state index contributed by atoms with van der Waals surface area (Å²) in [6.07, 6.45) is 1.01. The van der Waals surface area contributed by atoms with Crippen molar-refractivity contribution >= 4 is 21.8 Å². The van der Waals surface area contributed by atoms with Gasteiger partial charge in [-0.15, -0.1) is 0 Å². The fraction of sp³-hybridized carbons (Fsp3) is 0.318. The van der Waals surface area contributed by atoms with E-state index in [0.717, 1.165) is 11.3 Å². The molecule has 1 aromatic heterocycles. The molecular weight excluding hydrogens is 453 g/mol. The molecule has 8 heteroatoms. The second kappa shape index (κ2) is 8.55. The molecule has 0 spiro atoms. The van der Waals surface area contributed by atoms with E-state index < -0.39 is 0 Å². The van der Waals surface area contributed by atoms with Gasteiger partial charge in [0.2, 0.25) is 17.6 Å². The Morgan fingerprint density at radius 3 is 2.73 bits per heavy atom. The molecule has 30 heavy (non-hydrogen) atoms. The minimum Gasteiger partial charge on any atom is -0.491 e. The van der Waals surface area contributed by atoms with E-state index in [1.807, 2.05) is 38.1 Å². The quantitative estimate of drug-likeness (QED) is 0.486. The summed E-state index contributed by atoms with van der Waals surface area (Å²) in [6, 6.07) is 11.9. The lowest BCUT2D eigenvalue weighted by atomic mass is 10.1.